The molecule has 0 aliphatic heterocycles. The van der Waals surface area contributed by atoms with Crippen LogP contribution in [0.5, 0.6) is 0 Å². The van der Waals surface area contributed by atoms with E-state index in [0.717, 1.165) is 11.3 Å². The Morgan fingerprint density at radius 3 is 1.95 bits per heavy atom. The molecule has 1 heterocycles. The van der Waals surface area contributed by atoms with Gasteiger partial charge in [-0.3, -0.25) is 4.79 Å². The third-order valence-corrected chi connectivity index (χ3v) is 7.27. The van der Waals surface area contributed by atoms with Gasteiger partial charge in [0.05, 0.1) is 5.76 Å². The molecule has 5 aromatic rings. The second-order valence-electron chi connectivity index (χ2n) is 9.68. The van der Waals surface area contributed by atoms with Gasteiger partial charge in [-0.2, -0.15) is 0 Å². The molecule has 4 aromatic carbocycles. The molecule has 3 nitrogen and oxygen atoms in total. The molecule has 0 fully saturated rings. The first-order valence-corrected chi connectivity index (χ1v) is 12.7. The van der Waals surface area contributed by atoms with E-state index in [1.54, 1.807) is 0 Å². The summed E-state index contributed by atoms with van der Waals surface area (Å²) in [5.41, 5.74) is 12.0. The molecule has 1 N–H and O–H groups in total. The second kappa shape index (κ2) is 10.6. The minimum Gasteiger partial charge on any atom is -0.512 e. The summed E-state index contributed by atoms with van der Waals surface area (Å²) in [6.45, 7) is 2.85. The standard InChI is InChI=1S/C30H18N.C5H8O2.Pt/c1-2-9-20(10-3-1)21-16-17-24-28(19-21)30(27-15-8-18-31-29(24)27)25-13-6-4-11-22(25)23-12-5-7-14-26(23)30;1-4(6)3-5(2)7;/h1-16,18-19H;3,6H,1-2H3;/q-1;;/b;4-3-;. The van der Waals surface area contributed by atoms with E-state index in [9.17, 15) is 4.79 Å². The fourth-order valence-electron chi connectivity index (χ4n) is 5.95. The molecule has 0 radical (unpaired) electrons. The van der Waals surface area contributed by atoms with Crippen LogP contribution in [-0.4, -0.2) is 15.9 Å². The van der Waals surface area contributed by atoms with Gasteiger partial charge in [0.1, 0.15) is 0 Å². The summed E-state index contributed by atoms with van der Waals surface area (Å²) in [4.78, 5) is 14.9. The maximum absolute atomic E-state index is 10.0. The van der Waals surface area contributed by atoms with Crippen LogP contribution in [0.1, 0.15) is 36.1 Å². The van der Waals surface area contributed by atoms with E-state index < -0.39 is 0 Å². The average Bonchev–Trinajstić information content (AvgIpc) is 3.40. The maximum Gasteiger partial charge on any atom is 0.155 e. The number of ketones is 1. The molecule has 1 aromatic heterocycles. The van der Waals surface area contributed by atoms with Crippen LogP contribution < -0.4 is 0 Å². The Morgan fingerprint density at radius 1 is 0.769 bits per heavy atom. The number of rotatable bonds is 2. The first-order valence-electron chi connectivity index (χ1n) is 12.7. The molecule has 0 saturated carbocycles. The second-order valence-corrected chi connectivity index (χ2v) is 9.68. The van der Waals surface area contributed by atoms with Crippen molar-refractivity contribution in [3.8, 4) is 33.5 Å². The number of aliphatic hydroxyl groups excluding tert-OH is 1. The van der Waals surface area contributed by atoms with E-state index in [2.05, 4.69) is 109 Å². The van der Waals surface area contributed by atoms with Crippen LogP contribution >= 0.6 is 0 Å². The third kappa shape index (κ3) is 4.28. The summed E-state index contributed by atoms with van der Waals surface area (Å²) in [5.74, 6) is -0.0625. The molecule has 0 saturated heterocycles. The average molecular weight is 688 g/mol. The summed E-state index contributed by atoms with van der Waals surface area (Å²) in [6.07, 6.45) is 3.06. The van der Waals surface area contributed by atoms with Crippen LogP contribution in [0.2, 0.25) is 0 Å². The van der Waals surface area contributed by atoms with Gasteiger partial charge in [0.15, 0.2) is 5.78 Å². The van der Waals surface area contributed by atoms with Gasteiger partial charge < -0.3 is 10.1 Å². The molecule has 2 aliphatic carbocycles. The molecule has 39 heavy (non-hydrogen) atoms. The third-order valence-electron chi connectivity index (χ3n) is 7.27. The van der Waals surface area contributed by atoms with Crippen LogP contribution in [0.4, 0.5) is 0 Å². The van der Waals surface area contributed by atoms with Crippen LogP contribution in [0.3, 0.4) is 0 Å². The molecule has 4 heteroatoms. The Kier molecular flexibility index (Phi) is 7.21. The van der Waals surface area contributed by atoms with E-state index in [0.29, 0.717) is 0 Å². The van der Waals surface area contributed by atoms with Crippen molar-refractivity contribution in [1.29, 1.82) is 0 Å². The maximum atomic E-state index is 10.0. The molecule has 194 valence electrons. The zero-order valence-corrected chi connectivity index (χ0v) is 23.9. The fraction of sp³-hybridized carbons (Fsp3) is 0.0857. The summed E-state index contributed by atoms with van der Waals surface area (Å²) in [5, 5.41) is 8.36. The molecule has 0 atom stereocenters. The number of fused-ring (bicyclic) bond motifs is 10. The minimum atomic E-state index is -0.354. The van der Waals surface area contributed by atoms with Crippen molar-refractivity contribution in [2.75, 3.05) is 0 Å². The minimum absolute atomic E-state index is 0. The Bertz CT molecular complexity index is 1660. The largest absolute Gasteiger partial charge is 0.512 e. The van der Waals surface area contributed by atoms with Crippen molar-refractivity contribution in [3.63, 3.8) is 0 Å². The molecule has 0 bridgehead atoms. The Balaban J connectivity index is 0.000000345. The molecular weight excluding hydrogens is 661 g/mol. The molecule has 0 unspecified atom stereocenters. The van der Waals surface area contributed by atoms with E-state index in [1.165, 1.54) is 64.4 Å². The number of aliphatic hydroxyl groups is 1. The summed E-state index contributed by atoms with van der Waals surface area (Å²) in [6, 6.07) is 40.7. The number of benzene rings is 4. The first kappa shape index (κ1) is 26.5. The molecule has 1 spiro atoms. The van der Waals surface area contributed by atoms with Crippen molar-refractivity contribution in [2.24, 2.45) is 0 Å². The molecule has 7 rings (SSSR count). The Morgan fingerprint density at radius 2 is 1.36 bits per heavy atom. The van der Waals surface area contributed by atoms with Crippen LogP contribution in [-0.2, 0) is 31.3 Å². The quantitative estimate of drug-likeness (QED) is 0.114. The monoisotopic (exact) mass is 687 g/mol. The molecular formula is C35H26NO2Pt-. The topological polar surface area (TPSA) is 50.2 Å². The van der Waals surface area contributed by atoms with Gasteiger partial charge in [-0.05, 0) is 47.9 Å². The Hall–Kier alpha value is -4.07. The van der Waals surface area contributed by atoms with Crippen molar-refractivity contribution >= 4 is 5.78 Å². The number of aromatic nitrogens is 1. The number of nitrogens with zero attached hydrogens (tertiary/aromatic N) is 1. The number of pyridine rings is 1. The van der Waals surface area contributed by atoms with Gasteiger partial charge in [0, 0.05) is 38.8 Å². The molecule has 2 aliphatic rings. The van der Waals surface area contributed by atoms with Gasteiger partial charge in [0.25, 0.3) is 0 Å². The summed E-state index contributed by atoms with van der Waals surface area (Å²) < 4.78 is 0. The number of carbonyl (C=O) groups is 1. The van der Waals surface area contributed by atoms with Gasteiger partial charge in [-0.1, -0.05) is 102 Å². The predicted molar refractivity (Wildman–Crippen MR) is 152 cm³/mol. The van der Waals surface area contributed by atoms with E-state index in [1.807, 2.05) is 6.20 Å². The van der Waals surface area contributed by atoms with Crippen LogP contribution in [0, 0.1) is 6.07 Å². The van der Waals surface area contributed by atoms with Gasteiger partial charge >= 0.3 is 0 Å². The van der Waals surface area contributed by atoms with Gasteiger partial charge in [-0.15, -0.1) is 29.3 Å². The van der Waals surface area contributed by atoms with Gasteiger partial charge in [0.2, 0.25) is 0 Å². The van der Waals surface area contributed by atoms with Crippen molar-refractivity contribution < 1.29 is 31.0 Å². The van der Waals surface area contributed by atoms with Crippen molar-refractivity contribution in [2.45, 2.75) is 19.3 Å². The molecule has 0 amide bonds. The van der Waals surface area contributed by atoms with Crippen molar-refractivity contribution in [1.82, 2.24) is 4.98 Å². The SMILES string of the molecule is CC(=O)/C=C(/C)O.[Pt].[c-]1cc(-c2ccccc2)cc2c1-c1ncccc1C21c2ccccc2-c2ccccc21. The zero-order valence-electron chi connectivity index (χ0n) is 21.6. The number of allylic oxidation sites excluding steroid dienone is 2. The van der Waals surface area contributed by atoms with Crippen molar-refractivity contribution in [3.05, 3.63) is 149 Å². The Labute approximate surface area is 243 Å². The van der Waals surface area contributed by atoms with E-state index >= 15 is 0 Å². The zero-order chi connectivity index (χ0) is 26.3. The van der Waals surface area contributed by atoms with Gasteiger partial charge in [-0.25, -0.2) is 0 Å². The summed E-state index contributed by atoms with van der Waals surface area (Å²) in [7, 11) is 0. The number of hydrogen-bond donors (Lipinski definition) is 1. The first-order chi connectivity index (χ1) is 18.5. The van der Waals surface area contributed by atoms with E-state index in [-0.39, 0.29) is 38.0 Å². The normalized spacial score (nSPS) is 13.2. The predicted octanol–water partition coefficient (Wildman–Crippen LogP) is 7.93. The van der Waals surface area contributed by atoms with Crippen LogP contribution in [0.15, 0.2) is 121 Å². The fourth-order valence-corrected chi connectivity index (χ4v) is 5.95. The van der Waals surface area contributed by atoms with Crippen LogP contribution in [0.25, 0.3) is 33.5 Å². The number of hydrogen-bond acceptors (Lipinski definition) is 3. The summed E-state index contributed by atoms with van der Waals surface area (Å²) >= 11 is 0. The van der Waals surface area contributed by atoms with E-state index in [4.69, 9.17) is 10.1 Å². The number of carbonyl (C=O) groups excluding carboxylic acids is 1. The smallest absolute Gasteiger partial charge is 0.155 e.